The minimum atomic E-state index is -1.00. The van der Waals surface area contributed by atoms with Crippen LogP contribution in [-0.2, 0) is 9.59 Å². The number of carbonyl (C=O) groups is 2. The van der Waals surface area contributed by atoms with Crippen LogP contribution >= 0.6 is 23.4 Å². The number of nitrogens with one attached hydrogen (secondary N) is 1. The summed E-state index contributed by atoms with van der Waals surface area (Å²) in [6, 6.07) is 6.54. The van der Waals surface area contributed by atoms with Gasteiger partial charge in [-0.2, -0.15) is 0 Å². The molecule has 0 bridgehead atoms. The first kappa shape index (κ1) is 16.9. The Morgan fingerprint density at radius 1 is 1.30 bits per heavy atom. The Bertz CT molecular complexity index is 462. The first-order chi connectivity index (χ1) is 9.40. The van der Waals surface area contributed by atoms with Crippen molar-refractivity contribution < 1.29 is 14.7 Å². The van der Waals surface area contributed by atoms with Crippen LogP contribution in [0.1, 0.15) is 20.3 Å². The molecule has 0 aliphatic rings. The number of rotatable bonds is 7. The minimum Gasteiger partial charge on any atom is -0.480 e. The van der Waals surface area contributed by atoms with Crippen molar-refractivity contribution in [1.82, 2.24) is 5.32 Å². The highest BCUT2D eigenvalue weighted by Crippen LogP contribution is 2.20. The zero-order chi connectivity index (χ0) is 15.1. The fraction of sp³-hybridized carbons (Fsp3) is 0.429. The molecule has 1 rings (SSSR count). The number of carbonyl (C=O) groups excluding carboxylic acids is 1. The van der Waals surface area contributed by atoms with Crippen LogP contribution in [0.4, 0.5) is 0 Å². The number of hydrogen-bond donors (Lipinski definition) is 2. The van der Waals surface area contributed by atoms with Crippen LogP contribution in [0.2, 0.25) is 5.02 Å². The van der Waals surface area contributed by atoms with Crippen LogP contribution < -0.4 is 5.32 Å². The van der Waals surface area contributed by atoms with Gasteiger partial charge in [-0.25, -0.2) is 4.79 Å². The quantitative estimate of drug-likeness (QED) is 0.759. The third-order valence-electron chi connectivity index (χ3n) is 2.66. The number of thioether (sulfide) groups is 1. The molecule has 20 heavy (non-hydrogen) atoms. The van der Waals surface area contributed by atoms with E-state index in [4.69, 9.17) is 16.7 Å². The fourth-order valence-corrected chi connectivity index (χ4v) is 2.53. The number of halogens is 1. The lowest BCUT2D eigenvalue weighted by Crippen LogP contribution is -2.44. The second-order valence-electron chi connectivity index (χ2n) is 4.68. The highest BCUT2D eigenvalue weighted by molar-refractivity contribution is 7.99. The molecule has 0 aliphatic heterocycles. The molecule has 0 unspecified atom stereocenters. The van der Waals surface area contributed by atoms with Gasteiger partial charge in [0.25, 0.3) is 0 Å². The summed E-state index contributed by atoms with van der Waals surface area (Å²) in [5.74, 6) is -0.788. The van der Waals surface area contributed by atoms with Gasteiger partial charge >= 0.3 is 5.97 Å². The molecule has 110 valence electrons. The monoisotopic (exact) mass is 315 g/mol. The minimum absolute atomic E-state index is 0.139. The molecule has 0 saturated carbocycles. The Kier molecular flexibility index (Phi) is 6.88. The molecule has 6 heteroatoms. The predicted octanol–water partition coefficient (Wildman–Crippen LogP) is 3.05. The molecule has 2 N–H and O–H groups in total. The van der Waals surface area contributed by atoms with E-state index in [9.17, 15) is 9.59 Å². The summed E-state index contributed by atoms with van der Waals surface area (Å²) in [5.41, 5.74) is 0. The lowest BCUT2D eigenvalue weighted by molar-refractivity contribution is -0.143. The van der Waals surface area contributed by atoms with Crippen LogP contribution in [0, 0.1) is 5.92 Å². The second-order valence-corrected chi connectivity index (χ2v) is 6.28. The van der Waals surface area contributed by atoms with E-state index in [0.29, 0.717) is 10.8 Å². The smallest absolute Gasteiger partial charge is 0.326 e. The molecule has 0 spiro atoms. The molecule has 0 heterocycles. The van der Waals surface area contributed by atoms with Gasteiger partial charge in [0.15, 0.2) is 0 Å². The first-order valence-corrected chi connectivity index (χ1v) is 7.67. The lowest BCUT2D eigenvalue weighted by atomic mass is 10.0. The summed E-state index contributed by atoms with van der Waals surface area (Å²) >= 11 is 7.32. The van der Waals surface area contributed by atoms with Gasteiger partial charge in [-0.05, 0) is 30.2 Å². The van der Waals surface area contributed by atoms with Gasteiger partial charge in [-0.1, -0.05) is 25.4 Å². The molecular formula is C14H18ClNO3S. The maximum Gasteiger partial charge on any atom is 0.326 e. The number of carboxylic acids is 1. The van der Waals surface area contributed by atoms with E-state index in [-0.39, 0.29) is 18.2 Å². The third kappa shape index (κ3) is 5.84. The van der Waals surface area contributed by atoms with E-state index < -0.39 is 12.0 Å². The molecule has 1 amide bonds. The normalized spacial score (nSPS) is 12.2. The van der Waals surface area contributed by atoms with Gasteiger partial charge in [0.05, 0.1) is 0 Å². The SMILES string of the molecule is CC(C)[C@H](NC(=O)CCSc1ccc(Cl)cc1)C(=O)O. The van der Waals surface area contributed by atoms with E-state index >= 15 is 0 Å². The fourth-order valence-electron chi connectivity index (χ4n) is 1.55. The Labute approximate surface area is 127 Å². The molecular weight excluding hydrogens is 298 g/mol. The molecule has 1 aromatic rings. The third-order valence-corrected chi connectivity index (χ3v) is 3.93. The van der Waals surface area contributed by atoms with Crippen molar-refractivity contribution in [1.29, 1.82) is 0 Å². The van der Waals surface area contributed by atoms with Crippen LogP contribution in [0.15, 0.2) is 29.2 Å². The zero-order valence-electron chi connectivity index (χ0n) is 11.4. The van der Waals surface area contributed by atoms with Crippen molar-refractivity contribution in [2.45, 2.75) is 31.2 Å². The van der Waals surface area contributed by atoms with Crippen LogP contribution in [0.5, 0.6) is 0 Å². The highest BCUT2D eigenvalue weighted by atomic mass is 35.5. The number of carboxylic acid groups (broad SMARTS) is 1. The Hall–Kier alpha value is -1.20. The van der Waals surface area contributed by atoms with Gasteiger partial charge in [0.2, 0.25) is 5.91 Å². The van der Waals surface area contributed by atoms with Crippen LogP contribution in [0.3, 0.4) is 0 Å². The lowest BCUT2D eigenvalue weighted by Gasteiger charge is -2.17. The van der Waals surface area contributed by atoms with Crippen molar-refractivity contribution in [2.24, 2.45) is 5.92 Å². The van der Waals surface area contributed by atoms with E-state index in [1.54, 1.807) is 26.0 Å². The van der Waals surface area contributed by atoms with Gasteiger partial charge in [0, 0.05) is 22.1 Å². The molecule has 0 aliphatic carbocycles. The molecule has 0 fully saturated rings. The molecule has 0 radical (unpaired) electrons. The summed E-state index contributed by atoms with van der Waals surface area (Å²) in [5, 5.41) is 12.2. The van der Waals surface area contributed by atoms with Gasteiger partial charge in [-0.3, -0.25) is 4.79 Å². The molecule has 1 atom stereocenters. The number of benzene rings is 1. The van der Waals surface area contributed by atoms with Crippen molar-refractivity contribution in [3.63, 3.8) is 0 Å². The van der Waals surface area contributed by atoms with Crippen molar-refractivity contribution in [2.75, 3.05) is 5.75 Å². The number of hydrogen-bond acceptors (Lipinski definition) is 3. The maximum atomic E-state index is 11.7. The first-order valence-electron chi connectivity index (χ1n) is 6.30. The predicted molar refractivity (Wildman–Crippen MR) is 81.2 cm³/mol. The molecule has 1 aromatic carbocycles. The Balaban J connectivity index is 2.36. The summed E-state index contributed by atoms with van der Waals surface area (Å²) in [4.78, 5) is 23.7. The maximum absolute atomic E-state index is 11.7. The van der Waals surface area contributed by atoms with E-state index in [1.807, 2.05) is 12.1 Å². The Morgan fingerprint density at radius 2 is 1.90 bits per heavy atom. The average molecular weight is 316 g/mol. The van der Waals surface area contributed by atoms with Crippen molar-refractivity contribution in [3.05, 3.63) is 29.3 Å². The van der Waals surface area contributed by atoms with Gasteiger partial charge < -0.3 is 10.4 Å². The summed E-state index contributed by atoms with van der Waals surface area (Å²) in [7, 11) is 0. The van der Waals surface area contributed by atoms with Gasteiger partial charge in [-0.15, -0.1) is 11.8 Å². The number of amides is 1. The summed E-state index contributed by atoms with van der Waals surface area (Å²) in [6.45, 7) is 3.53. The van der Waals surface area contributed by atoms with E-state index in [2.05, 4.69) is 5.32 Å². The van der Waals surface area contributed by atoms with Crippen LogP contribution in [-0.4, -0.2) is 28.8 Å². The van der Waals surface area contributed by atoms with Crippen molar-refractivity contribution >= 4 is 35.2 Å². The van der Waals surface area contributed by atoms with Gasteiger partial charge in [0.1, 0.15) is 6.04 Å². The molecule has 4 nitrogen and oxygen atoms in total. The standard InChI is InChI=1S/C14H18ClNO3S/c1-9(2)13(14(18)19)16-12(17)7-8-20-11-5-3-10(15)4-6-11/h3-6,9,13H,7-8H2,1-2H3,(H,16,17)(H,18,19)/t13-/m0/s1. The largest absolute Gasteiger partial charge is 0.480 e. The molecule has 0 aromatic heterocycles. The molecule has 0 saturated heterocycles. The van der Waals surface area contributed by atoms with Crippen molar-refractivity contribution in [3.8, 4) is 0 Å². The average Bonchev–Trinajstić information content (AvgIpc) is 2.37. The van der Waals surface area contributed by atoms with Crippen LogP contribution in [0.25, 0.3) is 0 Å². The highest BCUT2D eigenvalue weighted by Gasteiger charge is 2.22. The van der Waals surface area contributed by atoms with E-state index in [0.717, 1.165) is 4.90 Å². The topological polar surface area (TPSA) is 66.4 Å². The summed E-state index contributed by atoms with van der Waals surface area (Å²) < 4.78 is 0. The summed E-state index contributed by atoms with van der Waals surface area (Å²) in [6.07, 6.45) is 0.282. The Morgan fingerprint density at radius 3 is 2.40 bits per heavy atom. The second kappa shape index (κ2) is 8.17. The zero-order valence-corrected chi connectivity index (χ0v) is 13.0. The van der Waals surface area contributed by atoms with E-state index in [1.165, 1.54) is 11.8 Å². The number of aliphatic carboxylic acids is 1.